The van der Waals surface area contributed by atoms with E-state index >= 15 is 0 Å². The number of hydrogen-bond donors (Lipinski definition) is 0. The zero-order chi connectivity index (χ0) is 12.3. The molecule has 0 saturated carbocycles. The number of halogens is 3. The van der Waals surface area contributed by atoms with Crippen LogP contribution in [0.4, 0.5) is 12.9 Å². The quantitative estimate of drug-likeness (QED) is 0.644. The Kier molecular flexibility index (Phi) is 6.63. The third-order valence-corrected chi connectivity index (χ3v) is 2.57. The van der Waals surface area contributed by atoms with Gasteiger partial charge in [-0.15, -0.1) is 0 Å². The van der Waals surface area contributed by atoms with Crippen LogP contribution in [0.5, 0.6) is 5.75 Å². The third kappa shape index (κ3) is 4.82. The Bertz CT molecular complexity index is 386. The van der Waals surface area contributed by atoms with Crippen LogP contribution in [-0.2, 0) is 4.74 Å². The third-order valence-electron chi connectivity index (χ3n) is 2.57. The second kappa shape index (κ2) is 7.25. The summed E-state index contributed by atoms with van der Waals surface area (Å²) in [5.74, 6) is 0.136. The summed E-state index contributed by atoms with van der Waals surface area (Å²) in [6.07, 6.45) is 3.92. The first-order valence-corrected chi connectivity index (χ1v) is 5.45. The summed E-state index contributed by atoms with van der Waals surface area (Å²) in [7, 11) is 0. The van der Waals surface area contributed by atoms with Gasteiger partial charge in [-0.25, -0.2) is 0 Å². The van der Waals surface area contributed by atoms with E-state index in [1.165, 1.54) is 6.20 Å². The van der Waals surface area contributed by atoms with Crippen LogP contribution < -0.4 is 61.6 Å². The number of pyridine rings is 1. The molecule has 3 nitrogen and oxygen atoms in total. The molecule has 1 atom stereocenters. The maximum absolute atomic E-state index is 12.5. The molecule has 2 heterocycles. The molecule has 0 spiro atoms. The van der Waals surface area contributed by atoms with Crippen LogP contribution in [0.2, 0.25) is 0 Å². The van der Waals surface area contributed by atoms with E-state index < -0.39 is 12.4 Å². The Hall–Kier alpha value is 0.401. The van der Waals surface area contributed by atoms with Gasteiger partial charge in [0.15, 0.2) is 0 Å². The van der Waals surface area contributed by atoms with Crippen LogP contribution in [0.3, 0.4) is 0 Å². The SMILES string of the molecule is F[B-](F)(F)c1cncc(OCC2CCCO2)c1.[K+]. The van der Waals surface area contributed by atoms with Gasteiger partial charge < -0.3 is 22.4 Å². The fourth-order valence-electron chi connectivity index (χ4n) is 1.66. The van der Waals surface area contributed by atoms with Crippen molar-refractivity contribution in [3.8, 4) is 5.75 Å². The second-order valence-electron chi connectivity index (χ2n) is 3.97. The van der Waals surface area contributed by atoms with E-state index in [0.717, 1.165) is 25.1 Å². The minimum atomic E-state index is -5.03. The maximum atomic E-state index is 12.5. The van der Waals surface area contributed by atoms with Gasteiger partial charge in [0, 0.05) is 12.8 Å². The van der Waals surface area contributed by atoms with Crippen molar-refractivity contribution in [3.05, 3.63) is 18.5 Å². The molecule has 1 aromatic rings. The normalized spacial score (nSPS) is 19.4. The fraction of sp³-hybridized carbons (Fsp3) is 0.500. The van der Waals surface area contributed by atoms with Gasteiger partial charge in [0.05, 0.1) is 12.3 Å². The smallest absolute Gasteiger partial charge is 0.489 e. The first-order valence-electron chi connectivity index (χ1n) is 5.45. The Morgan fingerprint density at radius 2 is 2.17 bits per heavy atom. The molecule has 2 rings (SSSR count). The minimum absolute atomic E-state index is 0. The summed E-state index contributed by atoms with van der Waals surface area (Å²) in [6, 6.07) is 0.974. The average Bonchev–Trinajstić information content (AvgIpc) is 2.78. The van der Waals surface area contributed by atoms with Gasteiger partial charge in [0.1, 0.15) is 12.4 Å². The number of rotatable bonds is 4. The summed E-state index contributed by atoms with van der Waals surface area (Å²) >= 11 is 0. The molecule has 1 unspecified atom stereocenters. The monoisotopic (exact) mass is 285 g/mol. The zero-order valence-electron chi connectivity index (χ0n) is 10.1. The fourth-order valence-corrected chi connectivity index (χ4v) is 1.66. The van der Waals surface area contributed by atoms with E-state index in [1.807, 2.05) is 0 Å². The van der Waals surface area contributed by atoms with Crippen molar-refractivity contribution in [2.75, 3.05) is 13.2 Å². The molecule has 0 amide bonds. The Morgan fingerprint density at radius 3 is 2.78 bits per heavy atom. The van der Waals surface area contributed by atoms with E-state index in [4.69, 9.17) is 9.47 Å². The van der Waals surface area contributed by atoms with Crippen molar-refractivity contribution >= 4 is 12.4 Å². The van der Waals surface area contributed by atoms with Gasteiger partial charge in [-0.05, 0) is 18.9 Å². The Balaban J connectivity index is 0.00000162. The zero-order valence-corrected chi connectivity index (χ0v) is 13.2. The first kappa shape index (κ1) is 16.5. The average molecular weight is 285 g/mol. The van der Waals surface area contributed by atoms with Crippen LogP contribution in [0, 0.1) is 0 Å². The largest absolute Gasteiger partial charge is 1.00 e. The summed E-state index contributed by atoms with van der Waals surface area (Å²) in [5.41, 5.74) is -0.741. The van der Waals surface area contributed by atoms with Crippen LogP contribution >= 0.6 is 0 Å². The Labute approximate surface area is 146 Å². The molecule has 1 fully saturated rings. The number of hydrogen-bond acceptors (Lipinski definition) is 3. The number of ether oxygens (including phenoxy) is 2. The molecular weight excluding hydrogens is 273 g/mol. The van der Waals surface area contributed by atoms with Crippen molar-refractivity contribution < 1.29 is 73.8 Å². The van der Waals surface area contributed by atoms with E-state index in [-0.39, 0.29) is 69.8 Å². The standard InChI is InChI=1S/C10H12BF3NO2.K/c12-11(13,14)8-4-10(6-15-5-8)17-7-9-2-1-3-16-9;/h4-6,9H,1-3,7H2;/q-1;+1. The molecule has 18 heavy (non-hydrogen) atoms. The number of aromatic nitrogens is 1. The van der Waals surface area contributed by atoms with Crippen molar-refractivity contribution in [2.24, 2.45) is 0 Å². The van der Waals surface area contributed by atoms with Gasteiger partial charge in [0.25, 0.3) is 0 Å². The molecule has 1 aromatic heterocycles. The molecule has 0 aliphatic carbocycles. The molecule has 1 aliphatic rings. The molecule has 0 aromatic carbocycles. The van der Waals surface area contributed by atoms with Gasteiger partial charge in [-0.3, -0.25) is 4.98 Å². The van der Waals surface area contributed by atoms with E-state index in [1.54, 1.807) is 0 Å². The van der Waals surface area contributed by atoms with Crippen molar-refractivity contribution in [1.29, 1.82) is 0 Å². The molecule has 1 saturated heterocycles. The van der Waals surface area contributed by atoms with Crippen LogP contribution in [0.15, 0.2) is 18.5 Å². The molecule has 0 radical (unpaired) electrons. The molecular formula is C10H12BF3KNO2. The molecule has 0 N–H and O–H groups in total. The summed E-state index contributed by atoms with van der Waals surface area (Å²) in [6.45, 7) is -4.06. The van der Waals surface area contributed by atoms with Gasteiger partial charge in [-0.1, -0.05) is 5.46 Å². The maximum Gasteiger partial charge on any atom is 1.00 e. The molecule has 8 heteroatoms. The molecule has 0 bridgehead atoms. The van der Waals surface area contributed by atoms with Crippen molar-refractivity contribution in [3.63, 3.8) is 0 Å². The van der Waals surface area contributed by atoms with Crippen molar-refractivity contribution in [1.82, 2.24) is 4.98 Å². The minimum Gasteiger partial charge on any atom is -0.489 e. The predicted molar refractivity (Wildman–Crippen MR) is 57.4 cm³/mol. The summed E-state index contributed by atoms with van der Waals surface area (Å²) < 4.78 is 47.9. The van der Waals surface area contributed by atoms with Gasteiger partial charge in [-0.2, -0.15) is 0 Å². The van der Waals surface area contributed by atoms with Crippen LogP contribution in [0.25, 0.3) is 0 Å². The van der Waals surface area contributed by atoms with Crippen LogP contribution in [-0.4, -0.2) is 31.3 Å². The second-order valence-corrected chi connectivity index (χ2v) is 3.97. The van der Waals surface area contributed by atoms with E-state index in [9.17, 15) is 12.9 Å². The molecule has 94 valence electrons. The van der Waals surface area contributed by atoms with E-state index in [2.05, 4.69) is 4.98 Å². The van der Waals surface area contributed by atoms with Gasteiger partial charge >= 0.3 is 58.4 Å². The first-order chi connectivity index (χ1) is 8.05. The van der Waals surface area contributed by atoms with E-state index in [0.29, 0.717) is 6.61 Å². The number of nitrogens with zero attached hydrogens (tertiary/aromatic N) is 1. The predicted octanol–water partition coefficient (Wildman–Crippen LogP) is -1.30. The van der Waals surface area contributed by atoms with Crippen molar-refractivity contribution in [2.45, 2.75) is 18.9 Å². The topological polar surface area (TPSA) is 31.4 Å². The Morgan fingerprint density at radius 1 is 1.39 bits per heavy atom. The van der Waals surface area contributed by atoms with Gasteiger partial charge in [0.2, 0.25) is 0 Å². The summed E-state index contributed by atoms with van der Waals surface area (Å²) in [5, 5.41) is 0. The van der Waals surface area contributed by atoms with Crippen LogP contribution in [0.1, 0.15) is 12.8 Å². The summed E-state index contributed by atoms with van der Waals surface area (Å²) in [4.78, 5) is 3.53. The molecule has 1 aliphatic heterocycles.